The SMILES string of the molecule is CCCCCCCOC(=O)N=NC(=O)O[Si](C(C)(C)C)(C(C)(C)C)C(C)(C)C. The first kappa shape index (κ1) is 26.8. The van der Waals surface area contributed by atoms with Crippen molar-refractivity contribution in [2.75, 3.05) is 6.61 Å². The molecule has 0 radical (unpaired) electrons. The molecular weight excluding hydrogens is 372 g/mol. The second-order valence-corrected chi connectivity index (χ2v) is 16.6. The maximum absolute atomic E-state index is 12.5. The summed E-state index contributed by atoms with van der Waals surface area (Å²) in [6.45, 7) is 21.4. The van der Waals surface area contributed by atoms with Gasteiger partial charge in [-0.3, -0.25) is 0 Å². The van der Waals surface area contributed by atoms with Gasteiger partial charge in [0.2, 0.25) is 0 Å². The van der Waals surface area contributed by atoms with Gasteiger partial charge in [-0.2, -0.15) is 0 Å². The molecule has 0 aliphatic rings. The Labute approximate surface area is 173 Å². The topological polar surface area (TPSA) is 77.3 Å². The smallest absolute Gasteiger partial charge is 0.452 e. The molecule has 0 rings (SSSR count). The minimum absolute atomic E-state index is 0.228. The van der Waals surface area contributed by atoms with Crippen molar-refractivity contribution < 1.29 is 18.8 Å². The van der Waals surface area contributed by atoms with E-state index < -0.39 is 20.5 Å². The molecule has 0 atom stereocenters. The molecule has 2 amide bonds. The molecule has 0 heterocycles. The lowest BCUT2D eigenvalue weighted by atomic mass is 10.2. The molecule has 6 nitrogen and oxygen atoms in total. The summed E-state index contributed by atoms with van der Waals surface area (Å²) in [5.41, 5.74) is 0. The lowest BCUT2D eigenvalue weighted by Crippen LogP contribution is -2.61. The Morgan fingerprint density at radius 1 is 0.714 bits per heavy atom. The van der Waals surface area contributed by atoms with Gasteiger partial charge < -0.3 is 9.16 Å². The number of amides is 2. The average Bonchev–Trinajstić information content (AvgIpc) is 2.50. The Kier molecular flexibility index (Phi) is 10.0. The van der Waals surface area contributed by atoms with Crippen LogP contribution in [-0.2, 0) is 9.16 Å². The number of hydrogen-bond acceptors (Lipinski definition) is 4. The second kappa shape index (κ2) is 10.5. The molecule has 0 saturated carbocycles. The van der Waals surface area contributed by atoms with Crippen molar-refractivity contribution in [2.45, 2.75) is 116 Å². The van der Waals surface area contributed by atoms with E-state index >= 15 is 0 Å². The van der Waals surface area contributed by atoms with E-state index in [-0.39, 0.29) is 15.1 Å². The van der Waals surface area contributed by atoms with Gasteiger partial charge in [0, 0.05) is 0 Å². The van der Waals surface area contributed by atoms with E-state index in [0.717, 1.165) is 19.3 Å². The van der Waals surface area contributed by atoms with Gasteiger partial charge in [0.1, 0.15) is 0 Å². The first-order valence-corrected chi connectivity index (χ1v) is 12.3. The Morgan fingerprint density at radius 2 is 1.14 bits per heavy atom. The first-order chi connectivity index (χ1) is 12.6. The van der Waals surface area contributed by atoms with Gasteiger partial charge in [0.05, 0.1) is 6.61 Å². The summed E-state index contributed by atoms with van der Waals surface area (Å²) in [5, 5.41) is 6.22. The van der Waals surface area contributed by atoms with Crippen molar-refractivity contribution in [3.05, 3.63) is 0 Å². The predicted octanol–water partition coefficient (Wildman–Crippen LogP) is 8.03. The van der Waals surface area contributed by atoms with Crippen molar-refractivity contribution in [1.82, 2.24) is 0 Å². The van der Waals surface area contributed by atoms with Crippen LogP contribution in [0.4, 0.5) is 9.59 Å². The summed E-state index contributed by atoms with van der Waals surface area (Å²) in [6.07, 6.45) is 3.62. The Morgan fingerprint density at radius 3 is 1.57 bits per heavy atom. The molecule has 0 aromatic heterocycles. The largest absolute Gasteiger partial charge is 0.499 e. The highest BCUT2D eigenvalue weighted by atomic mass is 28.4. The highest BCUT2D eigenvalue weighted by Crippen LogP contribution is 2.62. The zero-order chi connectivity index (χ0) is 22.2. The maximum atomic E-state index is 12.5. The fraction of sp³-hybridized carbons (Fsp3) is 0.905. The molecule has 0 bridgehead atoms. The third kappa shape index (κ3) is 7.30. The lowest BCUT2D eigenvalue weighted by molar-refractivity contribution is 0.151. The highest BCUT2D eigenvalue weighted by molar-refractivity contribution is 6.83. The van der Waals surface area contributed by atoms with E-state index in [2.05, 4.69) is 79.5 Å². The monoisotopic (exact) mass is 414 g/mol. The van der Waals surface area contributed by atoms with E-state index in [1.807, 2.05) is 0 Å². The predicted molar refractivity (Wildman–Crippen MR) is 116 cm³/mol. The van der Waals surface area contributed by atoms with Crippen LogP contribution in [0.1, 0.15) is 101 Å². The van der Waals surface area contributed by atoms with Crippen LogP contribution in [0.15, 0.2) is 10.2 Å². The fourth-order valence-electron chi connectivity index (χ4n) is 4.96. The maximum Gasteiger partial charge on any atom is 0.452 e. The minimum Gasteiger partial charge on any atom is -0.499 e. The van der Waals surface area contributed by atoms with E-state index in [1.54, 1.807) is 0 Å². The number of carbonyl (C=O) groups excluding carboxylic acids is 2. The summed E-state index contributed by atoms with van der Waals surface area (Å²) in [7, 11) is -2.73. The normalized spacial score (nSPS) is 13.6. The number of hydrogen-bond donors (Lipinski definition) is 0. The molecule has 7 heteroatoms. The summed E-state index contributed by atoms with van der Waals surface area (Å²) in [6, 6.07) is 0. The Balaban J connectivity index is 5.08. The van der Waals surface area contributed by atoms with Gasteiger partial charge in [0.25, 0.3) is 8.32 Å². The van der Waals surface area contributed by atoms with Crippen LogP contribution in [0.2, 0.25) is 15.1 Å². The van der Waals surface area contributed by atoms with Crippen LogP contribution in [0.5, 0.6) is 0 Å². The molecule has 0 spiro atoms. The van der Waals surface area contributed by atoms with Gasteiger partial charge in [0.15, 0.2) is 0 Å². The van der Waals surface area contributed by atoms with E-state index in [0.29, 0.717) is 6.61 Å². The van der Waals surface area contributed by atoms with Gasteiger partial charge in [-0.1, -0.05) is 105 Å². The molecule has 0 aliphatic carbocycles. The third-order valence-corrected chi connectivity index (χ3v) is 11.9. The van der Waals surface area contributed by atoms with Crippen LogP contribution in [-0.4, -0.2) is 27.1 Å². The fourth-order valence-corrected chi connectivity index (χ4v) is 12.9. The van der Waals surface area contributed by atoms with Gasteiger partial charge in [-0.15, -0.1) is 0 Å². The zero-order valence-corrected chi connectivity index (χ0v) is 20.8. The van der Waals surface area contributed by atoms with Gasteiger partial charge in [-0.25, -0.2) is 9.59 Å². The summed E-state index contributed by atoms with van der Waals surface area (Å²) in [5.74, 6) is 0. The minimum atomic E-state index is -2.73. The van der Waals surface area contributed by atoms with Crippen LogP contribution < -0.4 is 0 Å². The molecule has 0 aromatic carbocycles. The van der Waals surface area contributed by atoms with Crippen LogP contribution >= 0.6 is 0 Å². The van der Waals surface area contributed by atoms with Crippen molar-refractivity contribution in [1.29, 1.82) is 0 Å². The number of ether oxygens (including phenoxy) is 1. The molecule has 0 aromatic rings. The summed E-state index contributed by atoms with van der Waals surface area (Å²) in [4.78, 5) is 24.2. The lowest BCUT2D eigenvalue weighted by Gasteiger charge is -2.56. The van der Waals surface area contributed by atoms with E-state index in [9.17, 15) is 9.59 Å². The molecule has 0 aliphatic heterocycles. The standard InChI is InChI=1S/C21H42N2O4Si/c1-11-12-13-14-15-16-26-17(24)22-23-18(25)27-28(19(2,3)4,20(5,6)7)21(8,9)10/h11-16H2,1-10H3. The van der Waals surface area contributed by atoms with Crippen LogP contribution in [0.3, 0.4) is 0 Å². The quantitative estimate of drug-likeness (QED) is 0.240. The molecular formula is C21H42N2O4Si. The molecule has 0 unspecified atom stereocenters. The van der Waals surface area contributed by atoms with Crippen LogP contribution in [0, 0.1) is 0 Å². The van der Waals surface area contributed by atoms with E-state index in [1.165, 1.54) is 12.8 Å². The van der Waals surface area contributed by atoms with Gasteiger partial charge in [-0.05, 0) is 21.5 Å². The molecule has 0 N–H and O–H groups in total. The van der Waals surface area contributed by atoms with Crippen molar-refractivity contribution >= 4 is 20.5 Å². The van der Waals surface area contributed by atoms with Crippen molar-refractivity contribution in [2.24, 2.45) is 10.2 Å². The number of carbonyl (C=O) groups is 2. The average molecular weight is 415 g/mol. The van der Waals surface area contributed by atoms with E-state index in [4.69, 9.17) is 9.16 Å². The molecule has 28 heavy (non-hydrogen) atoms. The van der Waals surface area contributed by atoms with Crippen molar-refractivity contribution in [3.63, 3.8) is 0 Å². The number of unbranched alkanes of at least 4 members (excludes halogenated alkanes) is 4. The third-order valence-electron chi connectivity index (χ3n) is 5.10. The summed E-state index contributed by atoms with van der Waals surface area (Å²) >= 11 is 0. The van der Waals surface area contributed by atoms with Crippen molar-refractivity contribution in [3.8, 4) is 0 Å². The number of azo groups is 1. The summed E-state index contributed by atoms with van der Waals surface area (Å²) < 4.78 is 11.1. The zero-order valence-electron chi connectivity index (χ0n) is 19.8. The van der Waals surface area contributed by atoms with Crippen LogP contribution in [0.25, 0.3) is 0 Å². The Bertz CT molecular complexity index is 504. The first-order valence-electron chi connectivity index (χ1n) is 10.4. The number of rotatable bonds is 7. The molecule has 0 fully saturated rings. The Hall–Kier alpha value is -1.24. The number of nitrogens with zero attached hydrogens (tertiary/aromatic N) is 2. The molecule has 0 saturated heterocycles. The second-order valence-electron chi connectivity index (χ2n) is 10.5. The highest BCUT2D eigenvalue weighted by Gasteiger charge is 2.64. The van der Waals surface area contributed by atoms with Gasteiger partial charge >= 0.3 is 12.2 Å². The molecule has 164 valence electrons.